The Kier molecular flexibility index (Phi) is 5.82. The lowest BCUT2D eigenvalue weighted by Crippen LogP contribution is -2.56. The number of carbonyl (C=O) groups excluding carboxylic acids is 1. The molecular formula is C21H27FN4O3. The molecule has 1 aromatic carbocycles. The van der Waals surface area contributed by atoms with Gasteiger partial charge in [0.1, 0.15) is 17.4 Å². The number of ether oxygens (including phenoxy) is 1. The first kappa shape index (κ1) is 19.8. The first-order chi connectivity index (χ1) is 14.0. The lowest BCUT2D eigenvalue weighted by molar-refractivity contribution is -0.142. The van der Waals surface area contributed by atoms with E-state index in [1.165, 1.54) is 24.3 Å². The van der Waals surface area contributed by atoms with E-state index in [9.17, 15) is 14.3 Å². The number of H-pyrrole nitrogens is 1. The van der Waals surface area contributed by atoms with E-state index < -0.39 is 6.10 Å². The van der Waals surface area contributed by atoms with Crippen molar-refractivity contribution in [3.63, 3.8) is 0 Å². The normalized spacial score (nSPS) is 22.0. The van der Waals surface area contributed by atoms with Crippen LogP contribution in [-0.2, 0) is 11.3 Å². The van der Waals surface area contributed by atoms with Crippen molar-refractivity contribution >= 4 is 5.91 Å². The first-order valence-electron chi connectivity index (χ1n) is 10.1. The molecule has 1 unspecified atom stereocenters. The Morgan fingerprint density at radius 3 is 2.76 bits per heavy atom. The lowest BCUT2D eigenvalue weighted by Gasteiger charge is -2.49. The van der Waals surface area contributed by atoms with Crippen molar-refractivity contribution < 1.29 is 19.0 Å². The van der Waals surface area contributed by atoms with Crippen molar-refractivity contribution in [2.75, 3.05) is 32.8 Å². The van der Waals surface area contributed by atoms with E-state index in [1.54, 1.807) is 11.1 Å². The highest BCUT2D eigenvalue weighted by Gasteiger charge is 2.42. The minimum Gasteiger partial charge on any atom is -0.484 e. The van der Waals surface area contributed by atoms with Crippen molar-refractivity contribution in [2.45, 2.75) is 31.9 Å². The first-order valence-corrected chi connectivity index (χ1v) is 10.1. The molecule has 29 heavy (non-hydrogen) atoms. The Hall–Kier alpha value is -2.45. The van der Waals surface area contributed by atoms with Crippen LogP contribution in [0.2, 0.25) is 0 Å². The van der Waals surface area contributed by atoms with Crippen LogP contribution >= 0.6 is 0 Å². The molecule has 2 saturated heterocycles. The predicted molar refractivity (Wildman–Crippen MR) is 105 cm³/mol. The molecule has 7 nitrogen and oxygen atoms in total. The third-order valence-corrected chi connectivity index (χ3v) is 6.00. The van der Waals surface area contributed by atoms with Gasteiger partial charge < -0.3 is 19.7 Å². The molecule has 0 bridgehead atoms. The highest BCUT2D eigenvalue weighted by Crippen LogP contribution is 2.40. The second kappa shape index (κ2) is 8.51. The molecule has 156 valence electrons. The van der Waals surface area contributed by atoms with Gasteiger partial charge in [0.25, 0.3) is 5.91 Å². The van der Waals surface area contributed by atoms with Gasteiger partial charge in [-0.25, -0.2) is 9.37 Å². The summed E-state index contributed by atoms with van der Waals surface area (Å²) in [6.07, 6.45) is 5.67. The van der Waals surface area contributed by atoms with E-state index in [0.29, 0.717) is 18.8 Å². The molecule has 1 amide bonds. The van der Waals surface area contributed by atoms with Gasteiger partial charge in [-0.3, -0.25) is 9.69 Å². The van der Waals surface area contributed by atoms with E-state index in [4.69, 9.17) is 4.74 Å². The number of aromatic amines is 1. The van der Waals surface area contributed by atoms with Crippen LogP contribution in [0.1, 0.15) is 25.1 Å². The smallest absolute Gasteiger partial charge is 0.260 e. The number of hydrogen-bond acceptors (Lipinski definition) is 5. The fourth-order valence-electron chi connectivity index (χ4n) is 4.45. The molecule has 2 fully saturated rings. The summed E-state index contributed by atoms with van der Waals surface area (Å²) in [5, 5.41) is 10.4. The maximum absolute atomic E-state index is 13.0. The molecule has 1 spiro atoms. The Morgan fingerprint density at radius 2 is 2.07 bits per heavy atom. The van der Waals surface area contributed by atoms with Crippen LogP contribution in [-0.4, -0.2) is 69.7 Å². The van der Waals surface area contributed by atoms with Crippen LogP contribution in [0.3, 0.4) is 0 Å². The number of nitrogens with zero attached hydrogens (tertiary/aromatic N) is 3. The molecule has 2 aliphatic heterocycles. The SMILES string of the molecule is O=C(COc1ccc(F)cc1)N1CC(O)CC2(CCN(Cc3ncc[nH]3)CC2)C1. The number of piperidine rings is 2. The number of aliphatic hydroxyl groups excluding tert-OH is 1. The highest BCUT2D eigenvalue weighted by atomic mass is 19.1. The van der Waals surface area contributed by atoms with Gasteiger partial charge in [0.2, 0.25) is 0 Å². The Morgan fingerprint density at radius 1 is 1.31 bits per heavy atom. The van der Waals surface area contributed by atoms with E-state index in [1.807, 2.05) is 6.20 Å². The van der Waals surface area contributed by atoms with Gasteiger partial charge >= 0.3 is 0 Å². The molecule has 8 heteroatoms. The van der Waals surface area contributed by atoms with Gasteiger partial charge in [-0.05, 0) is 62.0 Å². The molecule has 0 aliphatic carbocycles. The number of imidazole rings is 1. The summed E-state index contributed by atoms with van der Waals surface area (Å²) in [7, 11) is 0. The van der Waals surface area contributed by atoms with Crippen molar-refractivity contribution in [3.05, 3.63) is 48.3 Å². The maximum atomic E-state index is 13.0. The molecule has 1 atom stereocenters. The van der Waals surface area contributed by atoms with Gasteiger partial charge in [0, 0.05) is 25.5 Å². The summed E-state index contributed by atoms with van der Waals surface area (Å²) < 4.78 is 18.5. The minimum atomic E-state index is -0.518. The van der Waals surface area contributed by atoms with Gasteiger partial charge in [-0.1, -0.05) is 0 Å². The van der Waals surface area contributed by atoms with Crippen LogP contribution in [0, 0.1) is 11.2 Å². The Bertz CT molecular complexity index is 804. The monoisotopic (exact) mass is 402 g/mol. The molecule has 2 N–H and O–H groups in total. The van der Waals surface area contributed by atoms with E-state index in [2.05, 4.69) is 14.9 Å². The number of rotatable bonds is 5. The third-order valence-electron chi connectivity index (χ3n) is 6.00. The Balaban J connectivity index is 1.31. The van der Waals surface area contributed by atoms with E-state index in [-0.39, 0.29) is 23.7 Å². The molecule has 0 saturated carbocycles. The van der Waals surface area contributed by atoms with Crippen molar-refractivity contribution in [1.82, 2.24) is 19.8 Å². The van der Waals surface area contributed by atoms with Crippen molar-refractivity contribution in [2.24, 2.45) is 5.41 Å². The summed E-state index contributed by atoms with van der Waals surface area (Å²) in [6.45, 7) is 3.50. The van der Waals surface area contributed by atoms with Gasteiger partial charge in [-0.15, -0.1) is 0 Å². The number of halogens is 1. The number of nitrogens with one attached hydrogen (secondary N) is 1. The van der Waals surface area contributed by atoms with Crippen LogP contribution in [0.4, 0.5) is 4.39 Å². The third kappa shape index (κ3) is 4.94. The summed E-state index contributed by atoms with van der Waals surface area (Å²) in [5.74, 6) is 0.922. The van der Waals surface area contributed by atoms with Crippen LogP contribution in [0.15, 0.2) is 36.7 Å². The summed E-state index contributed by atoms with van der Waals surface area (Å²) in [5.41, 5.74) is -0.0527. The number of hydrogen-bond donors (Lipinski definition) is 2. The fraction of sp³-hybridized carbons (Fsp3) is 0.524. The summed E-state index contributed by atoms with van der Waals surface area (Å²) >= 11 is 0. The average Bonchev–Trinajstić information content (AvgIpc) is 3.22. The predicted octanol–water partition coefficient (Wildman–Crippen LogP) is 1.80. The number of aromatic nitrogens is 2. The number of amides is 1. The molecule has 3 heterocycles. The lowest BCUT2D eigenvalue weighted by atomic mass is 9.71. The van der Waals surface area contributed by atoms with Crippen LogP contribution < -0.4 is 4.74 Å². The fourth-order valence-corrected chi connectivity index (χ4v) is 4.45. The molecule has 2 aliphatic rings. The minimum absolute atomic E-state index is 0.0527. The average molecular weight is 402 g/mol. The maximum Gasteiger partial charge on any atom is 0.260 e. The molecule has 1 aromatic heterocycles. The quantitative estimate of drug-likeness (QED) is 0.797. The number of carbonyl (C=O) groups is 1. The second-order valence-corrected chi connectivity index (χ2v) is 8.19. The topological polar surface area (TPSA) is 81.7 Å². The number of likely N-dealkylation sites (tertiary alicyclic amines) is 2. The summed E-state index contributed by atoms with van der Waals surface area (Å²) in [4.78, 5) is 24.2. The van der Waals surface area contributed by atoms with Crippen molar-refractivity contribution in [1.29, 1.82) is 0 Å². The number of aliphatic hydroxyl groups is 1. The van der Waals surface area contributed by atoms with Gasteiger partial charge in [0.15, 0.2) is 6.61 Å². The zero-order valence-corrected chi connectivity index (χ0v) is 16.4. The van der Waals surface area contributed by atoms with Gasteiger partial charge in [-0.2, -0.15) is 0 Å². The molecule has 2 aromatic rings. The van der Waals surface area contributed by atoms with E-state index in [0.717, 1.165) is 44.7 Å². The number of β-amino-alcohol motifs (C(OH)–C–C–N with tert-alkyl or cyclic N) is 1. The van der Waals surface area contributed by atoms with Crippen LogP contribution in [0.25, 0.3) is 0 Å². The van der Waals surface area contributed by atoms with Gasteiger partial charge in [0.05, 0.1) is 12.6 Å². The van der Waals surface area contributed by atoms with Crippen molar-refractivity contribution in [3.8, 4) is 5.75 Å². The largest absolute Gasteiger partial charge is 0.484 e. The molecule has 4 rings (SSSR count). The molecule has 0 radical (unpaired) electrons. The summed E-state index contributed by atoms with van der Waals surface area (Å²) in [6, 6.07) is 5.61. The van der Waals surface area contributed by atoms with Crippen LogP contribution in [0.5, 0.6) is 5.75 Å². The Labute approximate surface area is 169 Å². The zero-order chi connectivity index (χ0) is 20.3. The zero-order valence-electron chi connectivity index (χ0n) is 16.4. The highest BCUT2D eigenvalue weighted by molar-refractivity contribution is 5.78. The molecular weight excluding hydrogens is 375 g/mol. The van der Waals surface area contributed by atoms with E-state index >= 15 is 0 Å². The standard InChI is InChI=1S/C21H27FN4O3/c22-16-1-3-18(4-2-16)29-14-20(28)26-12-17(27)11-21(15-26)5-9-25(10-6-21)13-19-23-7-8-24-19/h1-4,7-8,17,27H,5-6,9-15H2,(H,23,24). The second-order valence-electron chi connectivity index (χ2n) is 8.19. The number of benzene rings is 1.